The zero-order chi connectivity index (χ0) is 36.2. The number of halogens is 4. The molecule has 2 N–H and O–H groups in total. The topological polar surface area (TPSA) is 118 Å². The fraction of sp³-hybridized carbons (Fsp3) is 0.417. The van der Waals surface area contributed by atoms with E-state index in [2.05, 4.69) is 30.5 Å². The van der Waals surface area contributed by atoms with Gasteiger partial charge in [0.15, 0.2) is 5.82 Å². The van der Waals surface area contributed by atoms with Gasteiger partial charge in [-0.25, -0.2) is 14.4 Å². The van der Waals surface area contributed by atoms with Crippen LogP contribution in [0.2, 0.25) is 10.0 Å². The number of likely N-dealkylation sites (tertiary alicyclic amines) is 1. The maximum atomic E-state index is 15.7. The van der Waals surface area contributed by atoms with Crippen LogP contribution in [0.4, 0.5) is 14.5 Å². The van der Waals surface area contributed by atoms with Crippen LogP contribution < -0.4 is 15.4 Å². The van der Waals surface area contributed by atoms with Gasteiger partial charge in [0.05, 0.1) is 52.2 Å². The predicted octanol–water partition coefficient (Wildman–Crippen LogP) is 6.07. The average molecular weight is 742 g/mol. The summed E-state index contributed by atoms with van der Waals surface area (Å²) in [6, 6.07) is 8.20. The number of aromatic nitrogens is 4. The van der Waals surface area contributed by atoms with Crippen LogP contribution in [0.25, 0.3) is 22.5 Å². The minimum absolute atomic E-state index is 0.0557. The summed E-state index contributed by atoms with van der Waals surface area (Å²) in [5.74, 6) is -0.520. The molecular formula is C36H40Cl2F2N8O3. The maximum absolute atomic E-state index is 15.7. The lowest BCUT2D eigenvalue weighted by molar-refractivity contribution is -0.129. The van der Waals surface area contributed by atoms with Crippen molar-refractivity contribution in [1.29, 1.82) is 0 Å². The first-order valence-corrected chi connectivity index (χ1v) is 17.6. The van der Waals surface area contributed by atoms with Gasteiger partial charge in [-0.15, -0.1) is 0 Å². The molecular weight excluding hydrogens is 701 g/mol. The molecule has 0 unspecified atom stereocenters. The average Bonchev–Trinajstić information content (AvgIpc) is 3.46. The number of carbonyl (C=O) groups is 2. The number of methoxy groups -OCH3 is 1. The molecule has 0 saturated carbocycles. The lowest BCUT2D eigenvalue weighted by Crippen LogP contribution is -2.44. The summed E-state index contributed by atoms with van der Waals surface area (Å²) in [6.07, 6.45) is 4.24. The Kier molecular flexibility index (Phi) is 11.5. The van der Waals surface area contributed by atoms with Crippen LogP contribution in [0.1, 0.15) is 53.8 Å². The molecule has 0 bridgehead atoms. The number of benzene rings is 1. The van der Waals surface area contributed by atoms with Crippen molar-refractivity contribution in [1.82, 2.24) is 34.6 Å². The Morgan fingerprint density at radius 2 is 1.86 bits per heavy atom. The highest BCUT2D eigenvalue weighted by Crippen LogP contribution is 2.40. The summed E-state index contributed by atoms with van der Waals surface area (Å²) in [6.45, 7) is 4.67. The third-order valence-corrected chi connectivity index (χ3v) is 10.3. The van der Waals surface area contributed by atoms with E-state index in [0.29, 0.717) is 61.5 Å². The van der Waals surface area contributed by atoms with Crippen molar-refractivity contribution in [2.24, 2.45) is 7.05 Å². The predicted molar refractivity (Wildman–Crippen MR) is 192 cm³/mol. The molecule has 1 aromatic carbocycles. The van der Waals surface area contributed by atoms with E-state index >= 15 is 4.39 Å². The van der Waals surface area contributed by atoms with Crippen molar-refractivity contribution >= 4 is 40.7 Å². The van der Waals surface area contributed by atoms with Gasteiger partial charge in [0.1, 0.15) is 5.82 Å². The third-order valence-electron chi connectivity index (χ3n) is 9.55. The summed E-state index contributed by atoms with van der Waals surface area (Å²) >= 11 is 13.8. The fourth-order valence-corrected chi connectivity index (χ4v) is 7.28. The number of amides is 2. The maximum Gasteiger partial charge on any atom is 0.291 e. The minimum atomic E-state index is -0.508. The Labute approximate surface area is 305 Å². The number of carbonyl (C=O) groups excluding carboxylic acids is 2. The second-order valence-electron chi connectivity index (χ2n) is 12.7. The highest BCUT2D eigenvalue weighted by molar-refractivity contribution is 6.39. The molecule has 1 saturated heterocycles. The number of pyridine rings is 2. The van der Waals surface area contributed by atoms with Gasteiger partial charge < -0.3 is 24.8 Å². The number of hydrogen-bond donors (Lipinski definition) is 2. The second-order valence-corrected chi connectivity index (χ2v) is 13.5. The van der Waals surface area contributed by atoms with Gasteiger partial charge in [-0.2, -0.15) is 0 Å². The second kappa shape index (κ2) is 16.0. The minimum Gasteiger partial charge on any atom is -0.481 e. The molecule has 270 valence electrons. The van der Waals surface area contributed by atoms with Gasteiger partial charge >= 0.3 is 0 Å². The fourth-order valence-electron chi connectivity index (χ4n) is 6.71. The molecule has 0 spiro atoms. The van der Waals surface area contributed by atoms with E-state index in [1.807, 2.05) is 4.90 Å². The number of ether oxygens (including phenoxy) is 1. The Hall–Kier alpha value is -4.17. The lowest BCUT2D eigenvalue weighted by atomic mass is 10.0. The number of nitrogens with one attached hydrogen (secondary N) is 2. The highest BCUT2D eigenvalue weighted by Gasteiger charge is 2.27. The number of fused-ring (bicyclic) bond motifs is 1. The number of alkyl halides is 1. The first kappa shape index (κ1) is 36.6. The first-order chi connectivity index (χ1) is 24.6. The van der Waals surface area contributed by atoms with E-state index in [0.717, 1.165) is 30.8 Å². The van der Waals surface area contributed by atoms with Crippen LogP contribution in [-0.4, -0.2) is 87.1 Å². The summed E-state index contributed by atoms with van der Waals surface area (Å²) in [7, 11) is 3.24. The van der Waals surface area contributed by atoms with Crippen LogP contribution in [0.3, 0.4) is 0 Å². The highest BCUT2D eigenvalue weighted by atomic mass is 35.5. The van der Waals surface area contributed by atoms with Gasteiger partial charge in [0.25, 0.3) is 5.91 Å². The standard InChI is InChI=1S/C36H40Cl2F2N8O3/c1-21(49)48-16-9-22(10-17-48)42-19-25-26(40)18-28(45-36(25)51-3)23-8-13-41-33(32(23)38)24-6-4-7-27(31(24)37)44-35(50)34-43-29-20-47(14-5-12-39)15-11-30(29)46(34)2/h4,6-8,13,18,22,42H,5,9-12,14-17,19-20H2,1-3H3,(H,44,50). The van der Waals surface area contributed by atoms with Crippen molar-refractivity contribution in [3.8, 4) is 28.4 Å². The first-order valence-electron chi connectivity index (χ1n) is 16.9. The number of imidazole rings is 1. The Morgan fingerprint density at radius 1 is 1.08 bits per heavy atom. The molecule has 2 aliphatic rings. The number of piperidine rings is 1. The molecule has 51 heavy (non-hydrogen) atoms. The van der Waals surface area contributed by atoms with Crippen molar-refractivity contribution < 1.29 is 23.1 Å². The van der Waals surface area contributed by atoms with Crippen LogP contribution in [-0.2, 0) is 31.4 Å². The van der Waals surface area contributed by atoms with Crippen molar-refractivity contribution in [2.45, 2.75) is 51.7 Å². The quantitative estimate of drug-likeness (QED) is 0.191. The lowest BCUT2D eigenvalue weighted by Gasteiger charge is -2.32. The van der Waals surface area contributed by atoms with Crippen LogP contribution >= 0.6 is 23.2 Å². The summed E-state index contributed by atoms with van der Waals surface area (Å²) in [5.41, 5.74) is 3.84. The third kappa shape index (κ3) is 7.86. The van der Waals surface area contributed by atoms with Crippen LogP contribution in [0, 0.1) is 5.82 Å². The van der Waals surface area contributed by atoms with Gasteiger partial charge in [-0.05, 0) is 31.4 Å². The molecule has 11 nitrogen and oxygen atoms in total. The molecule has 4 aromatic rings. The van der Waals surface area contributed by atoms with E-state index in [4.69, 9.17) is 27.9 Å². The van der Waals surface area contributed by atoms with Crippen molar-refractivity contribution in [2.75, 3.05) is 45.3 Å². The Morgan fingerprint density at radius 3 is 2.59 bits per heavy atom. The van der Waals surface area contributed by atoms with Gasteiger partial charge in [0.2, 0.25) is 11.8 Å². The van der Waals surface area contributed by atoms with E-state index in [1.165, 1.54) is 19.4 Å². The smallest absolute Gasteiger partial charge is 0.291 e. The van der Waals surface area contributed by atoms with Crippen LogP contribution in [0.5, 0.6) is 5.88 Å². The zero-order valence-corrected chi connectivity index (χ0v) is 30.3. The molecule has 5 heterocycles. The molecule has 1 fully saturated rings. The number of rotatable bonds is 11. The molecule has 0 aliphatic carbocycles. The molecule has 0 radical (unpaired) electrons. The SMILES string of the molecule is COc1nc(-c2ccnc(-c3cccc(NC(=O)c4nc5c(n4C)CCN(CCCF)C5)c3Cl)c2Cl)cc(F)c1CNC1CCN(C(C)=O)CC1. The van der Waals surface area contributed by atoms with Crippen molar-refractivity contribution in [3.05, 3.63) is 75.2 Å². The Bertz CT molecular complexity index is 1930. The zero-order valence-electron chi connectivity index (χ0n) is 28.7. The van der Waals surface area contributed by atoms with E-state index in [1.54, 1.807) is 42.8 Å². The largest absolute Gasteiger partial charge is 0.481 e. The molecule has 6 rings (SSSR count). The van der Waals surface area contributed by atoms with Gasteiger partial charge in [0, 0.05) is 94.8 Å². The summed E-state index contributed by atoms with van der Waals surface area (Å²) < 4.78 is 35.7. The number of anilines is 1. The van der Waals surface area contributed by atoms with E-state index in [-0.39, 0.29) is 58.2 Å². The van der Waals surface area contributed by atoms with E-state index < -0.39 is 11.7 Å². The monoisotopic (exact) mass is 740 g/mol. The molecule has 15 heteroatoms. The van der Waals surface area contributed by atoms with E-state index in [9.17, 15) is 14.0 Å². The number of hydrogen-bond acceptors (Lipinski definition) is 8. The van der Waals surface area contributed by atoms with Crippen LogP contribution in [0.15, 0.2) is 36.5 Å². The number of nitrogens with zero attached hydrogens (tertiary/aromatic N) is 6. The normalized spacial score (nSPS) is 15.2. The molecule has 2 amide bonds. The van der Waals surface area contributed by atoms with Gasteiger partial charge in [-0.3, -0.25) is 23.9 Å². The summed E-state index contributed by atoms with van der Waals surface area (Å²) in [5, 5.41) is 6.65. The molecule has 0 atom stereocenters. The van der Waals surface area contributed by atoms with Gasteiger partial charge in [-0.1, -0.05) is 35.3 Å². The van der Waals surface area contributed by atoms with Crippen molar-refractivity contribution in [3.63, 3.8) is 0 Å². The molecule has 3 aromatic heterocycles. The molecule has 2 aliphatic heterocycles. The summed E-state index contributed by atoms with van der Waals surface area (Å²) in [4.78, 5) is 42.8. The Balaban J connectivity index is 1.20.